The van der Waals surface area contributed by atoms with Gasteiger partial charge in [-0.3, -0.25) is 4.79 Å². The molecule has 1 aliphatic carbocycles. The van der Waals surface area contributed by atoms with Crippen LogP contribution in [0.25, 0.3) is 0 Å². The Kier molecular flexibility index (Phi) is 5.49. The summed E-state index contributed by atoms with van der Waals surface area (Å²) in [6, 6.07) is 7.46. The fourth-order valence-electron chi connectivity index (χ4n) is 3.10. The van der Waals surface area contributed by atoms with Crippen LogP contribution in [0.5, 0.6) is 0 Å². The summed E-state index contributed by atoms with van der Waals surface area (Å²) in [6.45, 7) is 2.21. The van der Waals surface area contributed by atoms with E-state index in [1.165, 1.54) is 23.3 Å². The highest BCUT2D eigenvalue weighted by Gasteiger charge is 2.29. The summed E-state index contributed by atoms with van der Waals surface area (Å²) in [7, 11) is 1.38. The molecule has 132 valence electrons. The number of ether oxygens (including phenoxy) is 1. The molecule has 0 aliphatic heterocycles. The Bertz CT molecular complexity index is 813. The number of fused-ring (bicyclic) bond motifs is 1. The van der Waals surface area contributed by atoms with E-state index in [9.17, 15) is 9.59 Å². The minimum absolute atomic E-state index is 0.201. The van der Waals surface area contributed by atoms with E-state index in [1.54, 1.807) is 17.8 Å². The molecular weight excluding hydrogens is 354 g/mol. The quantitative estimate of drug-likeness (QED) is 0.625. The lowest BCUT2D eigenvalue weighted by atomic mass is 9.88. The first-order valence-corrected chi connectivity index (χ1v) is 10.3. The largest absolute Gasteiger partial charge is 0.465 e. The first-order valence-electron chi connectivity index (χ1n) is 8.21. The summed E-state index contributed by atoms with van der Waals surface area (Å²) in [4.78, 5) is 27.2. The zero-order valence-electron chi connectivity index (χ0n) is 14.5. The van der Waals surface area contributed by atoms with Crippen molar-refractivity contribution in [1.82, 2.24) is 0 Å². The lowest BCUT2D eigenvalue weighted by molar-refractivity contribution is 0.0601. The number of esters is 1. The molecule has 4 nitrogen and oxygen atoms in total. The highest BCUT2D eigenvalue weighted by atomic mass is 32.2. The van der Waals surface area contributed by atoms with Crippen LogP contribution in [-0.4, -0.2) is 25.2 Å². The van der Waals surface area contributed by atoms with Gasteiger partial charge in [0.15, 0.2) is 0 Å². The van der Waals surface area contributed by atoms with Gasteiger partial charge < -0.3 is 10.1 Å². The molecule has 1 N–H and O–H groups in total. The van der Waals surface area contributed by atoms with Crippen molar-refractivity contribution < 1.29 is 14.3 Å². The van der Waals surface area contributed by atoms with E-state index in [1.807, 2.05) is 24.5 Å². The fourth-order valence-corrected chi connectivity index (χ4v) is 4.95. The molecule has 0 spiro atoms. The number of thiophene rings is 1. The van der Waals surface area contributed by atoms with Gasteiger partial charge in [0.2, 0.25) is 0 Å². The van der Waals surface area contributed by atoms with E-state index in [0.29, 0.717) is 22.0 Å². The standard InChI is InChI=1S/C19H21NO3S2/c1-11-7-8-14-15(9-11)25-18(16(14)19(22)23-2)20-17(21)12-5-4-6-13(10-12)24-3/h4-6,10-11H,7-9H2,1-3H3,(H,20,21)/t11-/m0/s1. The van der Waals surface area contributed by atoms with E-state index in [2.05, 4.69) is 12.2 Å². The summed E-state index contributed by atoms with van der Waals surface area (Å²) in [5.74, 6) is 0.0198. The van der Waals surface area contributed by atoms with Crippen LogP contribution >= 0.6 is 23.1 Å². The molecule has 0 saturated heterocycles. The molecule has 1 atom stereocenters. The van der Waals surface area contributed by atoms with Crippen molar-refractivity contribution in [3.63, 3.8) is 0 Å². The van der Waals surface area contributed by atoms with Crippen molar-refractivity contribution in [3.8, 4) is 0 Å². The monoisotopic (exact) mass is 375 g/mol. The molecule has 1 aliphatic rings. The number of hydrogen-bond acceptors (Lipinski definition) is 5. The van der Waals surface area contributed by atoms with E-state index >= 15 is 0 Å². The van der Waals surface area contributed by atoms with E-state index in [4.69, 9.17) is 4.74 Å². The number of thioether (sulfide) groups is 1. The van der Waals surface area contributed by atoms with Crippen LogP contribution in [-0.2, 0) is 17.6 Å². The van der Waals surface area contributed by atoms with Crippen molar-refractivity contribution >= 4 is 40.0 Å². The maximum atomic E-state index is 12.7. The Labute approximate surface area is 156 Å². The summed E-state index contributed by atoms with van der Waals surface area (Å²) >= 11 is 3.09. The minimum Gasteiger partial charge on any atom is -0.465 e. The second kappa shape index (κ2) is 7.62. The number of anilines is 1. The lowest BCUT2D eigenvalue weighted by Gasteiger charge is -2.18. The molecule has 1 aromatic carbocycles. The highest BCUT2D eigenvalue weighted by molar-refractivity contribution is 7.98. The van der Waals surface area contributed by atoms with Crippen LogP contribution in [0.1, 0.15) is 44.5 Å². The summed E-state index contributed by atoms with van der Waals surface area (Å²) in [5, 5.41) is 3.54. The molecule has 1 aromatic heterocycles. The van der Waals surface area contributed by atoms with Crippen LogP contribution in [0.3, 0.4) is 0 Å². The van der Waals surface area contributed by atoms with Crippen LogP contribution in [0, 0.1) is 5.92 Å². The molecule has 0 radical (unpaired) electrons. The third-order valence-electron chi connectivity index (χ3n) is 4.46. The van der Waals surface area contributed by atoms with E-state index in [-0.39, 0.29) is 11.9 Å². The van der Waals surface area contributed by atoms with Crippen LogP contribution in [0.15, 0.2) is 29.2 Å². The molecule has 0 unspecified atom stereocenters. The maximum Gasteiger partial charge on any atom is 0.341 e. The Morgan fingerprint density at radius 3 is 2.88 bits per heavy atom. The van der Waals surface area contributed by atoms with Gasteiger partial charge in [-0.2, -0.15) is 0 Å². The van der Waals surface area contributed by atoms with Gasteiger partial charge in [-0.05, 0) is 55.2 Å². The molecule has 0 bridgehead atoms. The van der Waals surface area contributed by atoms with Gasteiger partial charge in [0.05, 0.1) is 12.7 Å². The fraction of sp³-hybridized carbons (Fsp3) is 0.368. The number of carbonyl (C=O) groups is 2. The van der Waals surface area contributed by atoms with Crippen molar-refractivity contribution in [2.45, 2.75) is 31.1 Å². The topological polar surface area (TPSA) is 55.4 Å². The van der Waals surface area contributed by atoms with Crippen LogP contribution in [0.2, 0.25) is 0 Å². The first kappa shape index (κ1) is 18.0. The molecule has 1 amide bonds. The zero-order valence-corrected chi connectivity index (χ0v) is 16.2. The molecule has 0 saturated carbocycles. The molecule has 2 aromatic rings. The lowest BCUT2D eigenvalue weighted by Crippen LogP contribution is -2.16. The smallest absolute Gasteiger partial charge is 0.341 e. The third-order valence-corrected chi connectivity index (χ3v) is 6.36. The van der Waals surface area contributed by atoms with Gasteiger partial charge in [0.25, 0.3) is 5.91 Å². The van der Waals surface area contributed by atoms with Gasteiger partial charge in [-0.15, -0.1) is 23.1 Å². The normalized spacial score (nSPS) is 16.2. The number of amides is 1. The summed E-state index contributed by atoms with van der Waals surface area (Å²) in [6.07, 6.45) is 4.83. The van der Waals surface area contributed by atoms with Crippen molar-refractivity contribution in [1.29, 1.82) is 0 Å². The number of hydrogen-bond donors (Lipinski definition) is 1. The number of carbonyl (C=O) groups excluding carboxylic acids is 2. The van der Waals surface area contributed by atoms with E-state index < -0.39 is 0 Å². The van der Waals surface area contributed by atoms with Gasteiger partial charge >= 0.3 is 5.97 Å². The highest BCUT2D eigenvalue weighted by Crippen LogP contribution is 2.40. The molecule has 0 fully saturated rings. The van der Waals surface area contributed by atoms with Crippen LogP contribution in [0.4, 0.5) is 5.00 Å². The third kappa shape index (κ3) is 3.75. The molecule has 1 heterocycles. The molecular formula is C19H21NO3S2. The van der Waals surface area contributed by atoms with Crippen molar-refractivity contribution in [2.75, 3.05) is 18.7 Å². The average molecular weight is 376 g/mol. The first-order chi connectivity index (χ1) is 12.0. The number of nitrogens with one attached hydrogen (secondary N) is 1. The average Bonchev–Trinajstić information content (AvgIpc) is 2.97. The Morgan fingerprint density at radius 1 is 1.36 bits per heavy atom. The second-order valence-corrected chi connectivity index (χ2v) is 8.22. The Morgan fingerprint density at radius 2 is 2.16 bits per heavy atom. The molecule has 6 heteroatoms. The van der Waals surface area contributed by atoms with Crippen molar-refractivity contribution in [2.24, 2.45) is 5.92 Å². The van der Waals surface area contributed by atoms with Crippen molar-refractivity contribution in [3.05, 3.63) is 45.8 Å². The molecule has 3 rings (SSSR count). The second-order valence-electron chi connectivity index (χ2n) is 6.23. The summed E-state index contributed by atoms with van der Waals surface area (Å²) < 4.78 is 4.97. The number of methoxy groups -OCH3 is 1. The van der Waals surface area contributed by atoms with E-state index in [0.717, 1.165) is 29.7 Å². The zero-order chi connectivity index (χ0) is 18.0. The van der Waals surface area contributed by atoms with Gasteiger partial charge in [0, 0.05) is 15.3 Å². The Balaban J connectivity index is 1.93. The van der Waals surface area contributed by atoms with Gasteiger partial charge in [-0.1, -0.05) is 13.0 Å². The predicted octanol–water partition coefficient (Wildman–Crippen LogP) is 4.63. The summed E-state index contributed by atoms with van der Waals surface area (Å²) in [5.41, 5.74) is 2.16. The Hall–Kier alpha value is -1.79. The maximum absolute atomic E-state index is 12.7. The molecule has 25 heavy (non-hydrogen) atoms. The number of benzene rings is 1. The van der Waals surface area contributed by atoms with Crippen LogP contribution < -0.4 is 5.32 Å². The van der Waals surface area contributed by atoms with Gasteiger partial charge in [0.1, 0.15) is 5.00 Å². The minimum atomic E-state index is -0.375. The number of rotatable bonds is 4. The predicted molar refractivity (Wildman–Crippen MR) is 103 cm³/mol. The SMILES string of the molecule is COC(=O)c1c(NC(=O)c2cccc(SC)c2)sc2c1CC[C@H](C)C2. The van der Waals surface area contributed by atoms with Gasteiger partial charge in [-0.25, -0.2) is 4.79 Å².